The van der Waals surface area contributed by atoms with Gasteiger partial charge in [0.25, 0.3) is 0 Å². The summed E-state index contributed by atoms with van der Waals surface area (Å²) in [5, 5.41) is 3.70. The monoisotopic (exact) mass is 283 g/mol. The van der Waals surface area contributed by atoms with Crippen LogP contribution in [0.25, 0.3) is 0 Å². The van der Waals surface area contributed by atoms with Gasteiger partial charge in [-0.1, -0.05) is 20.8 Å². The summed E-state index contributed by atoms with van der Waals surface area (Å²) < 4.78 is 0. The average Bonchev–Trinajstić information content (AvgIpc) is 2.49. The molecule has 0 aromatic heterocycles. The van der Waals surface area contributed by atoms with Gasteiger partial charge in [0.1, 0.15) is 0 Å². The molecule has 1 aliphatic rings. The standard InChI is InChI=1S/C17H37N3/c1-5-12-18-17-11-9-14-20(15-17)16(4)10-8-13-19(6-2)7-3/h16-18H,5-15H2,1-4H3. The van der Waals surface area contributed by atoms with Gasteiger partial charge in [0.15, 0.2) is 0 Å². The normalized spacial score (nSPS) is 22.4. The molecular formula is C17H37N3. The Morgan fingerprint density at radius 2 is 2.00 bits per heavy atom. The minimum Gasteiger partial charge on any atom is -0.313 e. The van der Waals surface area contributed by atoms with Crippen molar-refractivity contribution in [1.29, 1.82) is 0 Å². The van der Waals surface area contributed by atoms with Crippen LogP contribution in [0.5, 0.6) is 0 Å². The summed E-state index contributed by atoms with van der Waals surface area (Å²) in [6, 6.07) is 1.48. The smallest absolute Gasteiger partial charge is 0.0195 e. The van der Waals surface area contributed by atoms with Crippen LogP contribution in [0.4, 0.5) is 0 Å². The van der Waals surface area contributed by atoms with Crippen LogP contribution in [-0.4, -0.2) is 61.2 Å². The molecule has 0 amide bonds. The van der Waals surface area contributed by atoms with E-state index in [1.165, 1.54) is 71.4 Å². The van der Waals surface area contributed by atoms with Gasteiger partial charge in [-0.05, 0) is 71.8 Å². The fourth-order valence-corrected chi connectivity index (χ4v) is 3.25. The van der Waals surface area contributed by atoms with Gasteiger partial charge in [0.2, 0.25) is 0 Å². The van der Waals surface area contributed by atoms with Crippen LogP contribution in [-0.2, 0) is 0 Å². The first-order chi connectivity index (χ1) is 9.71. The van der Waals surface area contributed by atoms with E-state index in [2.05, 4.69) is 42.8 Å². The van der Waals surface area contributed by atoms with Crippen LogP contribution < -0.4 is 5.32 Å². The topological polar surface area (TPSA) is 18.5 Å². The van der Waals surface area contributed by atoms with Gasteiger partial charge in [-0.2, -0.15) is 0 Å². The Labute approximate surface area is 127 Å². The Bertz CT molecular complexity index is 228. The third-order valence-electron chi connectivity index (χ3n) is 4.75. The Balaban J connectivity index is 2.22. The number of hydrogen-bond donors (Lipinski definition) is 1. The molecule has 0 radical (unpaired) electrons. The van der Waals surface area contributed by atoms with Crippen molar-refractivity contribution in [2.75, 3.05) is 39.3 Å². The molecule has 3 heteroatoms. The third-order valence-corrected chi connectivity index (χ3v) is 4.75. The average molecular weight is 284 g/mol. The predicted octanol–water partition coefficient (Wildman–Crippen LogP) is 2.96. The first-order valence-electron chi connectivity index (χ1n) is 8.90. The van der Waals surface area contributed by atoms with E-state index in [1.54, 1.807) is 0 Å². The maximum absolute atomic E-state index is 3.70. The largest absolute Gasteiger partial charge is 0.313 e. The number of nitrogens with zero attached hydrogens (tertiary/aromatic N) is 2. The fourth-order valence-electron chi connectivity index (χ4n) is 3.25. The molecule has 3 nitrogen and oxygen atoms in total. The Hall–Kier alpha value is -0.120. The van der Waals surface area contributed by atoms with Gasteiger partial charge in [-0.25, -0.2) is 0 Å². The molecule has 0 saturated carbocycles. The summed E-state index contributed by atoms with van der Waals surface area (Å²) >= 11 is 0. The fraction of sp³-hybridized carbons (Fsp3) is 1.00. The van der Waals surface area contributed by atoms with Crippen LogP contribution in [0.1, 0.15) is 59.8 Å². The lowest BCUT2D eigenvalue weighted by Crippen LogP contribution is -2.49. The highest BCUT2D eigenvalue weighted by Crippen LogP contribution is 2.16. The molecule has 0 bridgehead atoms. The number of likely N-dealkylation sites (tertiary alicyclic amines) is 1. The van der Waals surface area contributed by atoms with E-state index in [9.17, 15) is 0 Å². The van der Waals surface area contributed by atoms with Crippen molar-refractivity contribution in [2.45, 2.75) is 71.9 Å². The van der Waals surface area contributed by atoms with Crippen LogP contribution in [0.15, 0.2) is 0 Å². The summed E-state index contributed by atoms with van der Waals surface area (Å²) in [7, 11) is 0. The summed E-state index contributed by atoms with van der Waals surface area (Å²) in [6.07, 6.45) is 6.66. The molecule has 0 aliphatic carbocycles. The zero-order valence-electron chi connectivity index (χ0n) is 14.3. The second-order valence-electron chi connectivity index (χ2n) is 6.31. The summed E-state index contributed by atoms with van der Waals surface area (Å²) in [5.41, 5.74) is 0. The predicted molar refractivity (Wildman–Crippen MR) is 89.4 cm³/mol. The molecule has 1 rings (SSSR count). The lowest BCUT2D eigenvalue weighted by atomic mass is 10.0. The zero-order valence-corrected chi connectivity index (χ0v) is 14.3. The van der Waals surface area contributed by atoms with Crippen molar-refractivity contribution < 1.29 is 0 Å². The minimum absolute atomic E-state index is 0.730. The number of rotatable bonds is 10. The van der Waals surface area contributed by atoms with E-state index in [1.807, 2.05) is 0 Å². The van der Waals surface area contributed by atoms with E-state index in [0.29, 0.717) is 0 Å². The second kappa shape index (κ2) is 10.6. The second-order valence-corrected chi connectivity index (χ2v) is 6.31. The van der Waals surface area contributed by atoms with Crippen LogP contribution in [0.3, 0.4) is 0 Å². The van der Waals surface area contributed by atoms with Crippen LogP contribution in [0, 0.1) is 0 Å². The Kier molecular flexibility index (Phi) is 9.49. The van der Waals surface area contributed by atoms with E-state index >= 15 is 0 Å². The molecule has 2 unspecified atom stereocenters. The molecule has 120 valence electrons. The Morgan fingerprint density at radius 3 is 2.65 bits per heavy atom. The number of hydrogen-bond acceptors (Lipinski definition) is 3. The summed E-state index contributed by atoms with van der Waals surface area (Å²) in [6.45, 7) is 16.6. The lowest BCUT2D eigenvalue weighted by molar-refractivity contribution is 0.135. The minimum atomic E-state index is 0.730. The molecule has 2 atom stereocenters. The molecule has 1 saturated heterocycles. The van der Waals surface area contributed by atoms with Gasteiger partial charge >= 0.3 is 0 Å². The van der Waals surface area contributed by atoms with Gasteiger partial charge in [-0.3, -0.25) is 4.90 Å². The molecule has 1 fully saturated rings. The first kappa shape index (κ1) is 17.9. The van der Waals surface area contributed by atoms with E-state index in [-0.39, 0.29) is 0 Å². The highest BCUT2D eigenvalue weighted by Gasteiger charge is 2.22. The van der Waals surface area contributed by atoms with Crippen LogP contribution in [0.2, 0.25) is 0 Å². The lowest BCUT2D eigenvalue weighted by Gasteiger charge is -2.37. The number of nitrogens with one attached hydrogen (secondary N) is 1. The van der Waals surface area contributed by atoms with Gasteiger partial charge in [0.05, 0.1) is 0 Å². The molecule has 0 aromatic rings. The molecule has 20 heavy (non-hydrogen) atoms. The van der Waals surface area contributed by atoms with Gasteiger partial charge in [0, 0.05) is 18.6 Å². The Morgan fingerprint density at radius 1 is 1.25 bits per heavy atom. The maximum Gasteiger partial charge on any atom is 0.0195 e. The summed E-state index contributed by atoms with van der Waals surface area (Å²) in [4.78, 5) is 5.24. The third kappa shape index (κ3) is 6.55. The zero-order chi connectivity index (χ0) is 14.8. The van der Waals surface area contributed by atoms with E-state index in [4.69, 9.17) is 0 Å². The van der Waals surface area contributed by atoms with E-state index < -0.39 is 0 Å². The van der Waals surface area contributed by atoms with Crippen molar-refractivity contribution in [2.24, 2.45) is 0 Å². The summed E-state index contributed by atoms with van der Waals surface area (Å²) in [5.74, 6) is 0. The highest BCUT2D eigenvalue weighted by molar-refractivity contribution is 4.81. The quantitative estimate of drug-likeness (QED) is 0.665. The maximum atomic E-state index is 3.70. The number of piperidine rings is 1. The first-order valence-corrected chi connectivity index (χ1v) is 8.90. The molecule has 1 N–H and O–H groups in total. The highest BCUT2D eigenvalue weighted by atomic mass is 15.2. The van der Waals surface area contributed by atoms with Gasteiger partial charge in [-0.15, -0.1) is 0 Å². The molecule has 0 spiro atoms. The molecule has 1 aliphatic heterocycles. The van der Waals surface area contributed by atoms with Crippen molar-refractivity contribution in [3.63, 3.8) is 0 Å². The molecule has 0 aromatic carbocycles. The van der Waals surface area contributed by atoms with Crippen LogP contribution >= 0.6 is 0 Å². The molecule has 1 heterocycles. The van der Waals surface area contributed by atoms with Crippen molar-refractivity contribution in [3.8, 4) is 0 Å². The molecular weight excluding hydrogens is 246 g/mol. The van der Waals surface area contributed by atoms with Crippen molar-refractivity contribution in [1.82, 2.24) is 15.1 Å². The van der Waals surface area contributed by atoms with Crippen molar-refractivity contribution in [3.05, 3.63) is 0 Å². The van der Waals surface area contributed by atoms with Gasteiger partial charge < -0.3 is 10.2 Å². The van der Waals surface area contributed by atoms with E-state index in [0.717, 1.165) is 12.1 Å². The van der Waals surface area contributed by atoms with Crippen molar-refractivity contribution >= 4 is 0 Å². The SMILES string of the molecule is CCCNC1CCCN(C(C)CCCN(CC)CC)C1.